The standard InChI is InChI=1S/C18H11ClFNS2/c19-15-8-11-17(12-9-15)23-21(20)18-6-2-1-4-14(18)7-10-16-5-3-13-22-16/h1-6,8-9,11-13H. The van der Waals surface area contributed by atoms with Gasteiger partial charge in [0, 0.05) is 21.9 Å². The molecule has 0 saturated carbocycles. The Morgan fingerprint density at radius 1 is 0.957 bits per heavy atom. The second-order valence-electron chi connectivity index (χ2n) is 4.53. The summed E-state index contributed by atoms with van der Waals surface area (Å²) in [5, 5.41) is 2.59. The van der Waals surface area contributed by atoms with Gasteiger partial charge in [0.05, 0.1) is 16.1 Å². The van der Waals surface area contributed by atoms with Crippen LogP contribution in [-0.2, 0) is 0 Å². The van der Waals surface area contributed by atoms with E-state index in [2.05, 4.69) is 11.8 Å². The minimum absolute atomic E-state index is 0.427. The maximum atomic E-state index is 14.5. The summed E-state index contributed by atoms with van der Waals surface area (Å²) in [7, 11) is 0. The summed E-state index contributed by atoms with van der Waals surface area (Å²) in [4.78, 5) is 1.72. The topological polar surface area (TPSA) is 3.24 Å². The molecular weight excluding hydrogens is 349 g/mol. The number of anilines is 1. The van der Waals surface area contributed by atoms with Crippen LogP contribution in [0.25, 0.3) is 0 Å². The Hall–Kier alpha value is -1.93. The lowest BCUT2D eigenvalue weighted by atomic mass is 10.2. The molecule has 0 unspecified atom stereocenters. The molecule has 0 aliphatic carbocycles. The molecule has 0 aliphatic rings. The van der Waals surface area contributed by atoms with Crippen molar-refractivity contribution in [3.05, 3.63) is 81.5 Å². The van der Waals surface area contributed by atoms with E-state index in [0.717, 1.165) is 21.7 Å². The van der Waals surface area contributed by atoms with Crippen LogP contribution >= 0.6 is 34.9 Å². The molecule has 1 nitrogen and oxygen atoms in total. The minimum Gasteiger partial charge on any atom is -0.146 e. The van der Waals surface area contributed by atoms with E-state index < -0.39 is 0 Å². The third-order valence-electron chi connectivity index (χ3n) is 2.93. The predicted octanol–water partition coefficient (Wildman–Crippen LogP) is 6.20. The van der Waals surface area contributed by atoms with Gasteiger partial charge in [0.15, 0.2) is 0 Å². The van der Waals surface area contributed by atoms with Crippen molar-refractivity contribution < 1.29 is 4.48 Å². The van der Waals surface area contributed by atoms with E-state index in [1.165, 1.54) is 0 Å². The zero-order valence-corrected chi connectivity index (χ0v) is 14.3. The summed E-state index contributed by atoms with van der Waals surface area (Å²) < 4.78 is 15.2. The van der Waals surface area contributed by atoms with Crippen LogP contribution in [0.1, 0.15) is 10.4 Å². The van der Waals surface area contributed by atoms with Crippen molar-refractivity contribution >= 4 is 40.6 Å². The molecule has 0 aliphatic heterocycles. The first-order chi connectivity index (χ1) is 11.2. The van der Waals surface area contributed by atoms with Crippen LogP contribution in [0.2, 0.25) is 5.02 Å². The highest BCUT2D eigenvalue weighted by Crippen LogP contribution is 2.32. The van der Waals surface area contributed by atoms with Gasteiger partial charge in [-0.05, 0) is 47.8 Å². The lowest BCUT2D eigenvalue weighted by Gasteiger charge is -2.14. The van der Waals surface area contributed by atoms with Crippen molar-refractivity contribution in [2.75, 3.05) is 4.53 Å². The molecule has 0 bridgehead atoms. The Kier molecular flexibility index (Phi) is 5.24. The summed E-state index contributed by atoms with van der Waals surface area (Å²) >= 11 is 8.39. The van der Waals surface area contributed by atoms with E-state index in [0.29, 0.717) is 20.8 Å². The van der Waals surface area contributed by atoms with Crippen LogP contribution in [-0.4, -0.2) is 0 Å². The normalized spacial score (nSPS) is 10.0. The van der Waals surface area contributed by atoms with Gasteiger partial charge in [0.1, 0.15) is 0 Å². The van der Waals surface area contributed by atoms with Gasteiger partial charge in [-0.15, -0.1) is 15.9 Å². The van der Waals surface area contributed by atoms with Gasteiger partial charge in [-0.3, -0.25) is 0 Å². The number of benzene rings is 2. The first-order valence-corrected chi connectivity index (χ1v) is 8.79. The fourth-order valence-electron chi connectivity index (χ4n) is 1.85. The molecule has 0 atom stereocenters. The number of para-hydroxylation sites is 1. The molecule has 1 heterocycles. The van der Waals surface area contributed by atoms with Crippen molar-refractivity contribution in [2.24, 2.45) is 0 Å². The molecule has 0 N–H and O–H groups in total. The zero-order chi connectivity index (χ0) is 16.1. The molecule has 0 amide bonds. The summed E-state index contributed by atoms with van der Waals surface area (Å²) in [6, 6.07) is 18.1. The van der Waals surface area contributed by atoms with Crippen LogP contribution in [0.15, 0.2) is 70.9 Å². The van der Waals surface area contributed by atoms with E-state index in [-0.39, 0.29) is 0 Å². The third-order valence-corrected chi connectivity index (χ3v) is 4.81. The van der Waals surface area contributed by atoms with E-state index in [4.69, 9.17) is 11.6 Å². The Morgan fingerprint density at radius 3 is 2.48 bits per heavy atom. The monoisotopic (exact) mass is 359 g/mol. The number of halogens is 2. The molecule has 0 spiro atoms. The van der Waals surface area contributed by atoms with Crippen LogP contribution in [0, 0.1) is 11.8 Å². The molecular formula is C18H11ClFNS2. The molecule has 0 fully saturated rings. The quantitative estimate of drug-likeness (QED) is 0.311. The van der Waals surface area contributed by atoms with Crippen LogP contribution in [0.5, 0.6) is 0 Å². The fourth-order valence-corrected chi connectivity index (χ4v) is 3.25. The van der Waals surface area contributed by atoms with Gasteiger partial charge in [0.25, 0.3) is 0 Å². The first-order valence-electron chi connectivity index (χ1n) is 6.76. The lowest BCUT2D eigenvalue weighted by Crippen LogP contribution is -2.02. The smallest absolute Gasteiger partial charge is 0.0978 e. The summed E-state index contributed by atoms with van der Waals surface area (Å²) in [6.07, 6.45) is 0. The highest BCUT2D eigenvalue weighted by Gasteiger charge is 2.11. The Balaban J connectivity index is 1.83. The van der Waals surface area contributed by atoms with E-state index in [1.54, 1.807) is 47.7 Å². The molecule has 0 radical (unpaired) electrons. The first kappa shape index (κ1) is 15.9. The number of hydrogen-bond acceptors (Lipinski definition) is 3. The predicted molar refractivity (Wildman–Crippen MR) is 97.6 cm³/mol. The second kappa shape index (κ2) is 7.56. The zero-order valence-electron chi connectivity index (χ0n) is 11.9. The second-order valence-corrected chi connectivity index (χ2v) is 6.89. The molecule has 3 aromatic rings. The number of rotatable bonds is 3. The fraction of sp³-hybridized carbons (Fsp3) is 0. The van der Waals surface area contributed by atoms with Gasteiger partial charge < -0.3 is 0 Å². The molecule has 0 saturated heterocycles. The van der Waals surface area contributed by atoms with Crippen molar-refractivity contribution in [3.8, 4) is 11.8 Å². The molecule has 23 heavy (non-hydrogen) atoms. The highest BCUT2D eigenvalue weighted by atomic mass is 35.5. The van der Waals surface area contributed by atoms with Crippen molar-refractivity contribution in [2.45, 2.75) is 4.90 Å². The van der Waals surface area contributed by atoms with Gasteiger partial charge >= 0.3 is 0 Å². The molecule has 114 valence electrons. The van der Waals surface area contributed by atoms with Crippen LogP contribution in [0.4, 0.5) is 10.2 Å². The highest BCUT2D eigenvalue weighted by molar-refractivity contribution is 8.00. The maximum Gasteiger partial charge on any atom is 0.0978 e. The van der Waals surface area contributed by atoms with Gasteiger partial charge in [-0.1, -0.05) is 46.1 Å². The Bertz CT molecular complexity index is 835. The van der Waals surface area contributed by atoms with Gasteiger partial charge in [-0.2, -0.15) is 0 Å². The summed E-state index contributed by atoms with van der Waals surface area (Å²) in [5.74, 6) is 6.09. The lowest BCUT2D eigenvalue weighted by molar-refractivity contribution is 0.547. The van der Waals surface area contributed by atoms with E-state index in [1.807, 2.05) is 29.6 Å². The number of hydrogen-bond donors (Lipinski definition) is 0. The van der Waals surface area contributed by atoms with Crippen molar-refractivity contribution in [1.82, 2.24) is 0 Å². The van der Waals surface area contributed by atoms with Gasteiger partial charge in [0.2, 0.25) is 0 Å². The van der Waals surface area contributed by atoms with Crippen LogP contribution in [0.3, 0.4) is 0 Å². The van der Waals surface area contributed by atoms with E-state index in [9.17, 15) is 4.48 Å². The molecule has 3 rings (SSSR count). The number of thiophene rings is 1. The summed E-state index contributed by atoms with van der Waals surface area (Å²) in [5.41, 5.74) is 1.07. The van der Waals surface area contributed by atoms with Gasteiger partial charge in [-0.25, -0.2) is 0 Å². The number of nitrogens with zero attached hydrogens (tertiary/aromatic N) is 1. The Morgan fingerprint density at radius 2 is 1.74 bits per heavy atom. The summed E-state index contributed by atoms with van der Waals surface area (Å²) in [6.45, 7) is 0. The SMILES string of the molecule is FN(Sc1ccc(Cl)cc1)c1ccccc1C#Cc1cccs1. The average Bonchev–Trinajstić information content (AvgIpc) is 3.09. The third kappa shape index (κ3) is 4.29. The van der Waals surface area contributed by atoms with E-state index >= 15 is 0 Å². The average molecular weight is 360 g/mol. The molecule has 5 heteroatoms. The molecule has 2 aromatic carbocycles. The Labute approximate surface area is 147 Å². The van der Waals surface area contributed by atoms with Crippen molar-refractivity contribution in [1.29, 1.82) is 0 Å². The maximum absolute atomic E-state index is 14.5. The largest absolute Gasteiger partial charge is 0.146 e. The van der Waals surface area contributed by atoms with Crippen molar-refractivity contribution in [3.63, 3.8) is 0 Å². The minimum atomic E-state index is 0.427. The molecule has 1 aromatic heterocycles. The van der Waals surface area contributed by atoms with Crippen LogP contribution < -0.4 is 4.53 Å².